The number of allylic oxidation sites excluding steroid dienone is 1. The highest BCUT2D eigenvalue weighted by Gasteiger charge is 2.42. The Labute approximate surface area is 268 Å². The van der Waals surface area contributed by atoms with Crippen LogP contribution in [0.25, 0.3) is 5.57 Å². The number of nitrogens with one attached hydrogen (secondary N) is 1. The molecule has 3 heterocycles. The van der Waals surface area contributed by atoms with E-state index in [1.54, 1.807) is 4.90 Å². The molecule has 8 nitrogen and oxygen atoms in total. The van der Waals surface area contributed by atoms with Crippen molar-refractivity contribution in [2.75, 3.05) is 19.6 Å². The van der Waals surface area contributed by atoms with Gasteiger partial charge < -0.3 is 9.80 Å². The van der Waals surface area contributed by atoms with Crippen LogP contribution < -0.4 is 5.32 Å². The minimum Gasteiger partial charge on any atom is -0.335 e. The van der Waals surface area contributed by atoms with Crippen LogP contribution in [0.3, 0.4) is 0 Å². The van der Waals surface area contributed by atoms with Crippen LogP contribution in [-0.4, -0.2) is 76.1 Å². The maximum Gasteiger partial charge on any atom is 0.256 e. The number of hydrogen-bond acceptors (Lipinski definition) is 5. The molecule has 3 unspecified atom stereocenters. The minimum atomic E-state index is -0.846. The summed E-state index contributed by atoms with van der Waals surface area (Å²) in [5.41, 5.74) is 4.43. The van der Waals surface area contributed by atoms with Gasteiger partial charge in [-0.25, -0.2) is 4.39 Å². The Morgan fingerprint density at radius 3 is 2.38 bits per heavy atom. The van der Waals surface area contributed by atoms with Gasteiger partial charge in [0.1, 0.15) is 11.9 Å². The quantitative estimate of drug-likeness (QED) is 0.443. The molecule has 0 bridgehead atoms. The summed E-state index contributed by atoms with van der Waals surface area (Å²) >= 11 is 6.19. The number of benzene rings is 2. The second-order valence-corrected chi connectivity index (χ2v) is 14.3. The third kappa shape index (κ3) is 6.04. The van der Waals surface area contributed by atoms with Crippen LogP contribution in [0.15, 0.2) is 42.0 Å². The molecular formula is C35H40ClFN4O4. The maximum atomic E-state index is 15.9. The second-order valence-electron chi connectivity index (χ2n) is 13.9. The van der Waals surface area contributed by atoms with E-state index in [1.165, 1.54) is 33.7 Å². The van der Waals surface area contributed by atoms with Crippen molar-refractivity contribution in [3.8, 4) is 0 Å². The fourth-order valence-electron chi connectivity index (χ4n) is 7.46. The first-order valence-corrected chi connectivity index (χ1v) is 16.2. The largest absolute Gasteiger partial charge is 0.335 e. The van der Waals surface area contributed by atoms with E-state index in [2.05, 4.69) is 50.0 Å². The summed E-state index contributed by atoms with van der Waals surface area (Å²) in [4.78, 5) is 56.3. The van der Waals surface area contributed by atoms with Gasteiger partial charge in [0.05, 0.1) is 12.1 Å². The predicted molar refractivity (Wildman–Crippen MR) is 170 cm³/mol. The zero-order chi connectivity index (χ0) is 32.2. The molecule has 2 saturated heterocycles. The monoisotopic (exact) mass is 634 g/mol. The van der Waals surface area contributed by atoms with Gasteiger partial charge in [-0.05, 0) is 80.3 Å². The topological polar surface area (TPSA) is 90.0 Å². The SMILES string of the molecule is CC1CN(C(=O)c2ccc3c(c2F)CN(C2CCC(=O)NC2=O)C3=O)CC(C)N1CC1=C(c2ccc(Cl)cc2)CC(C)(C)CC1. The molecule has 10 heteroatoms. The Morgan fingerprint density at radius 1 is 1.02 bits per heavy atom. The molecule has 2 aromatic carbocycles. The summed E-state index contributed by atoms with van der Waals surface area (Å²) in [5, 5.41) is 2.98. The van der Waals surface area contributed by atoms with Crippen molar-refractivity contribution in [1.82, 2.24) is 20.0 Å². The summed E-state index contributed by atoms with van der Waals surface area (Å²) in [6.07, 6.45) is 3.42. The summed E-state index contributed by atoms with van der Waals surface area (Å²) in [6, 6.07) is 10.2. The van der Waals surface area contributed by atoms with Crippen molar-refractivity contribution in [2.45, 2.75) is 84.5 Å². The summed E-state index contributed by atoms with van der Waals surface area (Å²) < 4.78 is 15.9. The van der Waals surface area contributed by atoms with Gasteiger partial charge in [0.2, 0.25) is 11.8 Å². The van der Waals surface area contributed by atoms with Crippen LogP contribution in [0.5, 0.6) is 0 Å². The van der Waals surface area contributed by atoms with Gasteiger partial charge in [-0.1, -0.05) is 43.2 Å². The lowest BCUT2D eigenvalue weighted by molar-refractivity contribution is -0.136. The zero-order valence-corrected chi connectivity index (χ0v) is 27.0. The van der Waals surface area contributed by atoms with Crippen LogP contribution in [0.2, 0.25) is 5.02 Å². The van der Waals surface area contributed by atoms with E-state index in [1.807, 2.05) is 12.1 Å². The van der Waals surface area contributed by atoms with Gasteiger partial charge >= 0.3 is 0 Å². The fraction of sp³-hybridized carbons (Fsp3) is 0.486. The smallest absolute Gasteiger partial charge is 0.256 e. The third-order valence-corrected chi connectivity index (χ3v) is 10.3. The van der Waals surface area contributed by atoms with E-state index < -0.39 is 29.6 Å². The number of piperazine rings is 1. The van der Waals surface area contributed by atoms with Crippen molar-refractivity contribution in [2.24, 2.45) is 5.41 Å². The van der Waals surface area contributed by atoms with Gasteiger partial charge in [-0.15, -0.1) is 0 Å². The van der Waals surface area contributed by atoms with Crippen LogP contribution in [0.4, 0.5) is 4.39 Å². The van der Waals surface area contributed by atoms with E-state index in [4.69, 9.17) is 11.6 Å². The van der Waals surface area contributed by atoms with E-state index in [0.717, 1.165) is 30.8 Å². The number of amides is 4. The Hall–Kier alpha value is -3.56. The lowest BCUT2D eigenvalue weighted by Crippen LogP contribution is -2.58. The zero-order valence-electron chi connectivity index (χ0n) is 26.3. The van der Waals surface area contributed by atoms with E-state index >= 15 is 4.39 Å². The molecule has 3 aliphatic heterocycles. The number of nitrogens with zero attached hydrogens (tertiary/aromatic N) is 3. The molecular weight excluding hydrogens is 595 g/mol. The summed E-state index contributed by atoms with van der Waals surface area (Å²) in [5.74, 6) is -2.53. The van der Waals surface area contributed by atoms with Crippen LogP contribution in [0.1, 0.15) is 91.6 Å². The maximum absolute atomic E-state index is 15.9. The first-order chi connectivity index (χ1) is 21.3. The van der Waals surface area contributed by atoms with E-state index in [-0.39, 0.29) is 59.5 Å². The van der Waals surface area contributed by atoms with Gasteiger partial charge in [0.15, 0.2) is 0 Å². The van der Waals surface area contributed by atoms with E-state index in [9.17, 15) is 19.2 Å². The Balaban J connectivity index is 1.18. The number of halogens is 2. The Kier molecular flexibility index (Phi) is 8.37. The summed E-state index contributed by atoms with van der Waals surface area (Å²) in [7, 11) is 0. The molecule has 1 aliphatic carbocycles. The number of piperidine rings is 1. The van der Waals surface area contributed by atoms with Gasteiger partial charge in [-0.2, -0.15) is 0 Å². The summed E-state index contributed by atoms with van der Waals surface area (Å²) in [6.45, 7) is 10.5. The van der Waals surface area contributed by atoms with Crippen molar-refractivity contribution >= 4 is 40.8 Å². The molecule has 2 aromatic rings. The first-order valence-electron chi connectivity index (χ1n) is 15.8. The van der Waals surface area contributed by atoms with Gasteiger partial charge in [0, 0.05) is 54.3 Å². The Bertz CT molecular complexity index is 1590. The predicted octanol–water partition coefficient (Wildman–Crippen LogP) is 5.44. The number of fused-ring (bicyclic) bond motifs is 1. The molecule has 0 radical (unpaired) electrons. The molecule has 238 valence electrons. The molecule has 0 aromatic heterocycles. The molecule has 0 saturated carbocycles. The van der Waals surface area contributed by atoms with Crippen molar-refractivity contribution in [3.63, 3.8) is 0 Å². The molecule has 3 atom stereocenters. The third-order valence-electron chi connectivity index (χ3n) is 10.0. The number of imide groups is 1. The average molecular weight is 635 g/mol. The fourth-order valence-corrected chi connectivity index (χ4v) is 7.58. The molecule has 4 aliphatic rings. The molecule has 0 spiro atoms. The highest BCUT2D eigenvalue weighted by Crippen LogP contribution is 2.44. The molecule has 45 heavy (non-hydrogen) atoms. The highest BCUT2D eigenvalue weighted by atomic mass is 35.5. The Morgan fingerprint density at radius 2 is 1.71 bits per heavy atom. The lowest BCUT2D eigenvalue weighted by Gasteiger charge is -2.46. The molecule has 2 fully saturated rings. The second kappa shape index (κ2) is 12.0. The van der Waals surface area contributed by atoms with Crippen molar-refractivity contribution in [1.29, 1.82) is 0 Å². The van der Waals surface area contributed by atoms with Crippen LogP contribution in [-0.2, 0) is 16.1 Å². The normalized spacial score (nSPS) is 25.5. The number of hydrogen-bond donors (Lipinski definition) is 1. The highest BCUT2D eigenvalue weighted by molar-refractivity contribution is 6.30. The molecule has 6 rings (SSSR count). The van der Waals surface area contributed by atoms with Crippen LogP contribution in [0, 0.1) is 11.2 Å². The standard InChI is InChI=1S/C35H40ClFN4O4/c1-20-16-39(17-21(2)40(20)18-23-13-14-35(3,4)15-27(23)22-5-7-24(36)8-6-22)33(44)26-10-9-25-28(31(26)37)19-41(34(25)45)29-11-12-30(42)38-32(29)43/h5-10,20-21,29H,11-19H2,1-4H3,(H,38,42,43). The lowest BCUT2D eigenvalue weighted by atomic mass is 9.72. The molecule has 1 N–H and O–H groups in total. The van der Waals surface area contributed by atoms with Crippen molar-refractivity contribution < 1.29 is 23.6 Å². The van der Waals surface area contributed by atoms with Crippen molar-refractivity contribution in [3.05, 3.63) is 75.1 Å². The molecule has 4 amide bonds. The number of carbonyl (C=O) groups excluding carboxylic acids is 4. The average Bonchev–Trinajstić information content (AvgIpc) is 3.32. The number of carbonyl (C=O) groups is 4. The first kappa shape index (κ1) is 31.4. The minimum absolute atomic E-state index is 0.0497. The van der Waals surface area contributed by atoms with Gasteiger partial charge in [0.25, 0.3) is 11.8 Å². The number of rotatable bonds is 5. The van der Waals surface area contributed by atoms with E-state index in [0.29, 0.717) is 13.1 Å². The van der Waals surface area contributed by atoms with Crippen LogP contribution >= 0.6 is 11.6 Å². The van der Waals surface area contributed by atoms with Gasteiger partial charge in [-0.3, -0.25) is 29.4 Å².